The summed E-state index contributed by atoms with van der Waals surface area (Å²) in [6.07, 6.45) is 5.67. The molecule has 0 bridgehead atoms. The summed E-state index contributed by atoms with van der Waals surface area (Å²) in [5.41, 5.74) is 0. The van der Waals surface area contributed by atoms with Crippen LogP contribution in [0.4, 0.5) is 0 Å². The van der Waals surface area contributed by atoms with Crippen LogP contribution in [0, 0.1) is 0 Å². The van der Waals surface area contributed by atoms with E-state index >= 15 is 0 Å². The number of carboxylic acid groups (broad SMARTS) is 1. The SMILES string of the molecule is O=C(O)[C@@H]1CCCN1C(=O)CN1CCCCCCC1=O. The Bertz CT molecular complexity index is 397. The van der Waals surface area contributed by atoms with E-state index in [1.54, 1.807) is 4.90 Å². The molecule has 0 aromatic heterocycles. The summed E-state index contributed by atoms with van der Waals surface area (Å²) in [4.78, 5) is 38.3. The lowest BCUT2D eigenvalue weighted by atomic mass is 10.1. The van der Waals surface area contributed by atoms with Crippen molar-refractivity contribution in [3.63, 3.8) is 0 Å². The molecule has 0 aliphatic carbocycles. The fraction of sp³-hybridized carbons (Fsp3) is 0.786. The van der Waals surface area contributed by atoms with Gasteiger partial charge in [-0.25, -0.2) is 4.79 Å². The molecule has 0 aromatic carbocycles. The average molecular weight is 282 g/mol. The van der Waals surface area contributed by atoms with Crippen LogP contribution >= 0.6 is 0 Å². The van der Waals surface area contributed by atoms with Gasteiger partial charge in [0.2, 0.25) is 11.8 Å². The van der Waals surface area contributed by atoms with Crippen molar-refractivity contribution in [1.82, 2.24) is 9.80 Å². The van der Waals surface area contributed by atoms with E-state index in [4.69, 9.17) is 5.11 Å². The van der Waals surface area contributed by atoms with E-state index in [0.717, 1.165) is 32.1 Å². The minimum absolute atomic E-state index is 0.0177. The van der Waals surface area contributed by atoms with E-state index in [9.17, 15) is 14.4 Å². The first-order valence-electron chi connectivity index (χ1n) is 7.39. The van der Waals surface area contributed by atoms with E-state index < -0.39 is 12.0 Å². The molecule has 0 aromatic rings. The molecular formula is C14H22N2O4. The summed E-state index contributed by atoms with van der Waals surface area (Å²) in [5, 5.41) is 9.10. The van der Waals surface area contributed by atoms with Crippen LogP contribution in [0.25, 0.3) is 0 Å². The molecule has 112 valence electrons. The van der Waals surface area contributed by atoms with Gasteiger partial charge >= 0.3 is 5.97 Å². The molecule has 2 rings (SSSR count). The molecule has 2 aliphatic rings. The van der Waals surface area contributed by atoms with Gasteiger partial charge in [0.25, 0.3) is 0 Å². The number of nitrogens with zero attached hydrogens (tertiary/aromatic N) is 2. The lowest BCUT2D eigenvalue weighted by Crippen LogP contribution is -2.47. The van der Waals surface area contributed by atoms with Gasteiger partial charge in [0.05, 0.1) is 6.54 Å². The molecule has 0 radical (unpaired) electrons. The van der Waals surface area contributed by atoms with Crippen molar-refractivity contribution >= 4 is 17.8 Å². The zero-order chi connectivity index (χ0) is 14.5. The monoisotopic (exact) mass is 282 g/mol. The Balaban J connectivity index is 1.95. The van der Waals surface area contributed by atoms with Crippen LogP contribution in [0.3, 0.4) is 0 Å². The number of hydrogen-bond donors (Lipinski definition) is 1. The normalized spacial score (nSPS) is 24.4. The Hall–Kier alpha value is -1.59. The summed E-state index contributed by atoms with van der Waals surface area (Å²) in [6, 6.07) is -0.715. The van der Waals surface area contributed by atoms with Crippen LogP contribution in [-0.2, 0) is 14.4 Å². The summed E-state index contributed by atoms with van der Waals surface area (Å²) in [6.45, 7) is 1.12. The second kappa shape index (κ2) is 6.72. The molecule has 1 N–H and O–H groups in total. The van der Waals surface area contributed by atoms with Gasteiger partial charge in [-0.2, -0.15) is 0 Å². The van der Waals surface area contributed by atoms with E-state index in [2.05, 4.69) is 0 Å². The first-order chi connectivity index (χ1) is 9.59. The Kier molecular flexibility index (Phi) is 4.98. The number of rotatable bonds is 3. The maximum absolute atomic E-state index is 12.2. The van der Waals surface area contributed by atoms with Crippen molar-refractivity contribution in [1.29, 1.82) is 0 Å². The van der Waals surface area contributed by atoms with E-state index in [1.807, 2.05) is 0 Å². The van der Waals surface area contributed by atoms with Gasteiger partial charge in [-0.05, 0) is 25.7 Å². The third-order valence-electron chi connectivity index (χ3n) is 4.11. The summed E-state index contributed by atoms with van der Waals surface area (Å²) >= 11 is 0. The molecule has 20 heavy (non-hydrogen) atoms. The largest absolute Gasteiger partial charge is 0.480 e. The van der Waals surface area contributed by atoms with Gasteiger partial charge in [0, 0.05) is 19.5 Å². The van der Waals surface area contributed by atoms with Gasteiger partial charge in [-0.1, -0.05) is 12.8 Å². The number of carboxylic acids is 1. The standard InChI is InChI=1S/C14H22N2O4/c17-12-7-3-1-2-4-8-15(12)10-13(18)16-9-5-6-11(16)14(19)20/h11H,1-10H2,(H,19,20)/t11-/m0/s1. The molecule has 0 saturated carbocycles. The highest BCUT2D eigenvalue weighted by Crippen LogP contribution is 2.18. The number of hydrogen-bond acceptors (Lipinski definition) is 3. The molecule has 0 unspecified atom stereocenters. The summed E-state index contributed by atoms with van der Waals surface area (Å²) < 4.78 is 0. The molecular weight excluding hydrogens is 260 g/mol. The Morgan fingerprint density at radius 2 is 1.85 bits per heavy atom. The van der Waals surface area contributed by atoms with Crippen molar-refractivity contribution < 1.29 is 19.5 Å². The molecule has 6 nitrogen and oxygen atoms in total. The maximum atomic E-state index is 12.2. The van der Waals surface area contributed by atoms with Gasteiger partial charge < -0.3 is 14.9 Å². The highest BCUT2D eigenvalue weighted by atomic mass is 16.4. The van der Waals surface area contributed by atoms with Crippen LogP contribution < -0.4 is 0 Å². The second-order valence-electron chi connectivity index (χ2n) is 5.56. The lowest BCUT2D eigenvalue weighted by Gasteiger charge is -2.28. The fourth-order valence-electron chi connectivity index (χ4n) is 2.96. The second-order valence-corrected chi connectivity index (χ2v) is 5.56. The van der Waals surface area contributed by atoms with E-state index in [1.165, 1.54) is 4.90 Å². The quantitative estimate of drug-likeness (QED) is 0.832. The fourth-order valence-corrected chi connectivity index (χ4v) is 2.96. The van der Waals surface area contributed by atoms with Crippen LogP contribution in [0.1, 0.15) is 44.9 Å². The third kappa shape index (κ3) is 3.49. The molecule has 2 saturated heterocycles. The van der Waals surface area contributed by atoms with Crippen molar-refractivity contribution in [2.45, 2.75) is 51.0 Å². The van der Waals surface area contributed by atoms with Gasteiger partial charge in [-0.15, -0.1) is 0 Å². The maximum Gasteiger partial charge on any atom is 0.326 e. The minimum atomic E-state index is -0.949. The predicted octanol–water partition coefficient (Wildman–Crippen LogP) is 0.855. The third-order valence-corrected chi connectivity index (χ3v) is 4.11. The van der Waals surface area contributed by atoms with Crippen molar-refractivity contribution in [2.75, 3.05) is 19.6 Å². The zero-order valence-electron chi connectivity index (χ0n) is 11.7. The number of likely N-dealkylation sites (tertiary alicyclic amines) is 2. The van der Waals surface area contributed by atoms with Crippen LogP contribution in [0.15, 0.2) is 0 Å². The van der Waals surface area contributed by atoms with Crippen molar-refractivity contribution in [3.8, 4) is 0 Å². The Labute approximate surface area is 118 Å². The van der Waals surface area contributed by atoms with Crippen LogP contribution in [0.5, 0.6) is 0 Å². The topological polar surface area (TPSA) is 77.9 Å². The first-order valence-corrected chi connectivity index (χ1v) is 7.39. The van der Waals surface area contributed by atoms with E-state index in [-0.39, 0.29) is 18.4 Å². The van der Waals surface area contributed by atoms with Crippen molar-refractivity contribution in [3.05, 3.63) is 0 Å². The number of aliphatic carboxylic acids is 1. The molecule has 2 heterocycles. The highest BCUT2D eigenvalue weighted by molar-refractivity contribution is 5.88. The smallest absolute Gasteiger partial charge is 0.326 e. The Morgan fingerprint density at radius 1 is 1.10 bits per heavy atom. The van der Waals surface area contributed by atoms with E-state index in [0.29, 0.717) is 25.9 Å². The molecule has 2 fully saturated rings. The minimum Gasteiger partial charge on any atom is -0.480 e. The van der Waals surface area contributed by atoms with Crippen LogP contribution in [0.2, 0.25) is 0 Å². The van der Waals surface area contributed by atoms with Gasteiger partial charge in [0.1, 0.15) is 6.04 Å². The molecule has 6 heteroatoms. The summed E-state index contributed by atoms with van der Waals surface area (Å²) in [5.74, 6) is -1.16. The lowest BCUT2D eigenvalue weighted by molar-refractivity contribution is -0.149. The molecule has 1 atom stereocenters. The number of carbonyl (C=O) groups excluding carboxylic acids is 2. The highest BCUT2D eigenvalue weighted by Gasteiger charge is 2.34. The first kappa shape index (κ1) is 14.8. The molecule has 2 amide bonds. The number of carbonyl (C=O) groups is 3. The zero-order valence-corrected chi connectivity index (χ0v) is 11.7. The predicted molar refractivity (Wildman–Crippen MR) is 72.0 cm³/mol. The van der Waals surface area contributed by atoms with Crippen molar-refractivity contribution in [2.24, 2.45) is 0 Å². The Morgan fingerprint density at radius 3 is 2.60 bits per heavy atom. The van der Waals surface area contributed by atoms with Gasteiger partial charge in [0.15, 0.2) is 0 Å². The number of amides is 2. The average Bonchev–Trinajstić information content (AvgIpc) is 2.88. The molecule has 0 spiro atoms. The van der Waals surface area contributed by atoms with Crippen LogP contribution in [-0.4, -0.2) is 58.4 Å². The van der Waals surface area contributed by atoms with Gasteiger partial charge in [-0.3, -0.25) is 9.59 Å². The molecule has 2 aliphatic heterocycles. The summed E-state index contributed by atoms with van der Waals surface area (Å²) in [7, 11) is 0.